The van der Waals surface area contributed by atoms with Crippen LogP contribution >= 0.6 is 15.9 Å². The molecule has 1 aliphatic carbocycles. The Balaban J connectivity index is 1.96. The fraction of sp³-hybridized carbons (Fsp3) is 0.286. The summed E-state index contributed by atoms with van der Waals surface area (Å²) >= 11 is 3.47. The van der Waals surface area contributed by atoms with Crippen LogP contribution in [0.1, 0.15) is 24.0 Å². The van der Waals surface area contributed by atoms with Crippen LogP contribution in [0.25, 0.3) is 0 Å². The van der Waals surface area contributed by atoms with Crippen molar-refractivity contribution in [1.29, 1.82) is 0 Å². The van der Waals surface area contributed by atoms with Gasteiger partial charge < -0.3 is 0 Å². The molecule has 0 aromatic heterocycles. The molecular formula is C14H12BrNO2. The number of allylic oxidation sites excluding steroid dienone is 1. The highest BCUT2D eigenvalue weighted by atomic mass is 79.9. The molecule has 0 radical (unpaired) electrons. The number of rotatable bonds is 0. The van der Waals surface area contributed by atoms with Gasteiger partial charge in [-0.2, -0.15) is 0 Å². The molecule has 1 aliphatic heterocycles. The minimum absolute atomic E-state index is 0.177. The van der Waals surface area contributed by atoms with Crippen LogP contribution in [0.2, 0.25) is 0 Å². The van der Waals surface area contributed by atoms with Crippen molar-refractivity contribution < 1.29 is 9.59 Å². The van der Waals surface area contributed by atoms with E-state index in [2.05, 4.69) is 33.4 Å². The lowest BCUT2D eigenvalue weighted by atomic mass is 9.85. The van der Waals surface area contributed by atoms with E-state index in [-0.39, 0.29) is 18.2 Å². The Labute approximate surface area is 113 Å². The van der Waals surface area contributed by atoms with Crippen LogP contribution in [0, 0.1) is 0 Å². The second kappa shape index (κ2) is 4.35. The molecule has 0 bridgehead atoms. The largest absolute Gasteiger partial charge is 0.292 e. The third kappa shape index (κ3) is 2.01. The molecule has 92 valence electrons. The second-order valence-corrected chi connectivity index (χ2v) is 5.64. The van der Waals surface area contributed by atoms with Gasteiger partial charge in [-0.1, -0.05) is 27.6 Å². The number of aryl methyl sites for hydroxylation is 1. The van der Waals surface area contributed by atoms with Crippen molar-refractivity contribution in [1.82, 2.24) is 5.32 Å². The molecule has 0 saturated carbocycles. The molecule has 1 aromatic carbocycles. The van der Waals surface area contributed by atoms with Gasteiger partial charge in [0.1, 0.15) is 0 Å². The minimum atomic E-state index is -0.199. The predicted molar refractivity (Wildman–Crippen MR) is 71.0 cm³/mol. The van der Waals surface area contributed by atoms with Gasteiger partial charge in [-0.15, -0.1) is 0 Å². The van der Waals surface area contributed by atoms with Crippen LogP contribution in [0.4, 0.5) is 0 Å². The van der Waals surface area contributed by atoms with Crippen molar-refractivity contribution in [2.24, 2.45) is 0 Å². The Morgan fingerprint density at radius 3 is 2.61 bits per heavy atom. The zero-order chi connectivity index (χ0) is 12.7. The summed E-state index contributed by atoms with van der Waals surface area (Å²) in [5, 5.41) is 2.35. The van der Waals surface area contributed by atoms with Gasteiger partial charge in [-0.05, 0) is 42.5 Å². The Kier molecular flexibility index (Phi) is 2.82. The summed E-state index contributed by atoms with van der Waals surface area (Å²) in [6, 6.07) is 6.25. The normalized spacial score (nSPS) is 22.9. The third-order valence-corrected chi connectivity index (χ3v) is 4.05. The minimum Gasteiger partial charge on any atom is -0.292 e. The highest BCUT2D eigenvalue weighted by molar-refractivity contribution is 9.10. The predicted octanol–water partition coefficient (Wildman–Crippen LogP) is 2.28. The lowest BCUT2D eigenvalue weighted by molar-refractivity contribution is -0.124. The first-order valence-corrected chi connectivity index (χ1v) is 6.75. The fourth-order valence-corrected chi connectivity index (χ4v) is 3.04. The smallest absolute Gasteiger partial charge is 0.254 e. The zero-order valence-corrected chi connectivity index (χ0v) is 11.3. The van der Waals surface area contributed by atoms with Crippen LogP contribution in [-0.4, -0.2) is 11.8 Å². The molecule has 0 unspecified atom stereocenters. The maximum absolute atomic E-state index is 11.7. The van der Waals surface area contributed by atoms with Gasteiger partial charge in [0.15, 0.2) is 0 Å². The van der Waals surface area contributed by atoms with E-state index in [1.165, 1.54) is 11.1 Å². The Hall–Kier alpha value is -1.42. The van der Waals surface area contributed by atoms with Crippen molar-refractivity contribution in [3.8, 4) is 0 Å². The number of carbonyl (C=O) groups is 2. The summed E-state index contributed by atoms with van der Waals surface area (Å²) in [5.41, 5.74) is 4.40. The van der Waals surface area contributed by atoms with Gasteiger partial charge in [-0.3, -0.25) is 14.9 Å². The molecule has 1 fully saturated rings. The van der Waals surface area contributed by atoms with Gasteiger partial charge in [0.25, 0.3) is 5.91 Å². The van der Waals surface area contributed by atoms with E-state index in [0.29, 0.717) is 5.57 Å². The topological polar surface area (TPSA) is 46.2 Å². The molecule has 0 atom stereocenters. The quantitative estimate of drug-likeness (QED) is 0.590. The highest BCUT2D eigenvalue weighted by Gasteiger charge is 2.28. The molecule has 2 amide bonds. The van der Waals surface area contributed by atoms with Crippen LogP contribution in [0.15, 0.2) is 33.8 Å². The Bertz CT molecular complexity index is 589. The molecule has 18 heavy (non-hydrogen) atoms. The Morgan fingerprint density at radius 2 is 1.89 bits per heavy atom. The van der Waals surface area contributed by atoms with Gasteiger partial charge in [0.2, 0.25) is 5.91 Å². The second-order valence-electron chi connectivity index (χ2n) is 4.73. The molecule has 1 saturated heterocycles. The molecular weight excluding hydrogens is 294 g/mol. The number of carbonyl (C=O) groups excluding carboxylic acids is 2. The number of halogens is 1. The Morgan fingerprint density at radius 1 is 1.06 bits per heavy atom. The van der Waals surface area contributed by atoms with E-state index in [1.54, 1.807) is 0 Å². The van der Waals surface area contributed by atoms with Crippen molar-refractivity contribution >= 4 is 27.7 Å². The fourth-order valence-electron chi connectivity index (χ4n) is 2.63. The highest BCUT2D eigenvalue weighted by Crippen LogP contribution is 2.31. The molecule has 0 spiro atoms. The first-order chi connectivity index (χ1) is 8.63. The summed E-state index contributed by atoms with van der Waals surface area (Å²) in [4.78, 5) is 22.9. The monoisotopic (exact) mass is 305 g/mol. The average Bonchev–Trinajstić information content (AvgIpc) is 2.68. The maximum Gasteiger partial charge on any atom is 0.254 e. The van der Waals surface area contributed by atoms with Crippen LogP contribution in [-0.2, 0) is 22.4 Å². The number of benzene rings is 1. The number of imide groups is 1. The van der Waals surface area contributed by atoms with Gasteiger partial charge in [0.05, 0.1) is 6.42 Å². The van der Waals surface area contributed by atoms with E-state index >= 15 is 0 Å². The number of fused-ring (bicyclic) bond motifs is 1. The number of hydrogen-bond acceptors (Lipinski definition) is 2. The maximum atomic E-state index is 11.7. The van der Waals surface area contributed by atoms with Gasteiger partial charge >= 0.3 is 0 Å². The van der Waals surface area contributed by atoms with Crippen LogP contribution in [0.5, 0.6) is 0 Å². The van der Waals surface area contributed by atoms with E-state index in [9.17, 15) is 9.59 Å². The summed E-state index contributed by atoms with van der Waals surface area (Å²) in [7, 11) is 0. The molecule has 4 heteroatoms. The van der Waals surface area contributed by atoms with Crippen LogP contribution in [0.3, 0.4) is 0 Å². The van der Waals surface area contributed by atoms with Gasteiger partial charge in [-0.25, -0.2) is 0 Å². The summed E-state index contributed by atoms with van der Waals surface area (Å²) in [5.74, 6) is -0.375. The van der Waals surface area contributed by atoms with E-state index < -0.39 is 0 Å². The first kappa shape index (κ1) is 11.7. The van der Waals surface area contributed by atoms with E-state index in [4.69, 9.17) is 0 Å². The summed E-state index contributed by atoms with van der Waals surface area (Å²) < 4.78 is 1.09. The number of nitrogens with one attached hydrogen (secondary N) is 1. The molecule has 2 aliphatic rings. The molecule has 3 rings (SSSR count). The average molecular weight is 306 g/mol. The lowest BCUT2D eigenvalue weighted by Gasteiger charge is -2.20. The lowest BCUT2D eigenvalue weighted by Crippen LogP contribution is -2.20. The van der Waals surface area contributed by atoms with E-state index in [0.717, 1.165) is 29.3 Å². The van der Waals surface area contributed by atoms with E-state index in [1.807, 2.05) is 6.07 Å². The van der Waals surface area contributed by atoms with Crippen molar-refractivity contribution in [3.05, 3.63) is 44.9 Å². The zero-order valence-electron chi connectivity index (χ0n) is 9.75. The van der Waals surface area contributed by atoms with Crippen molar-refractivity contribution in [2.75, 3.05) is 0 Å². The number of amides is 2. The van der Waals surface area contributed by atoms with Crippen molar-refractivity contribution in [2.45, 2.75) is 25.7 Å². The van der Waals surface area contributed by atoms with Gasteiger partial charge in [0, 0.05) is 10.0 Å². The third-order valence-electron chi connectivity index (χ3n) is 3.56. The molecule has 1 heterocycles. The van der Waals surface area contributed by atoms with Crippen LogP contribution < -0.4 is 5.32 Å². The first-order valence-electron chi connectivity index (χ1n) is 5.96. The molecule has 1 N–H and O–H groups in total. The molecule has 3 nitrogen and oxygen atoms in total. The summed E-state index contributed by atoms with van der Waals surface area (Å²) in [6.07, 6.45) is 2.85. The molecule has 1 aromatic rings. The standard InChI is InChI=1S/C14H12BrNO2/c15-11-4-3-8-5-10(2-1-9(8)6-11)12-7-13(17)16-14(12)18/h3-4,6H,1-2,5,7H2,(H,16,17,18). The van der Waals surface area contributed by atoms with Crippen molar-refractivity contribution in [3.63, 3.8) is 0 Å². The number of hydrogen-bond donors (Lipinski definition) is 1. The summed E-state index contributed by atoms with van der Waals surface area (Å²) in [6.45, 7) is 0. The SMILES string of the molecule is O=C1CC(=C2CCc3cc(Br)ccc3C2)C(=O)N1.